The summed E-state index contributed by atoms with van der Waals surface area (Å²) in [5.74, 6) is 0.661. The highest BCUT2D eigenvalue weighted by atomic mass is 19.4. The fraction of sp³-hybridized carbons (Fsp3) is 0.533. The van der Waals surface area contributed by atoms with Gasteiger partial charge in [0.05, 0.1) is 18.6 Å². The maximum Gasteiger partial charge on any atom is 0.390 e. The summed E-state index contributed by atoms with van der Waals surface area (Å²) in [7, 11) is 0. The average molecular weight is 334 g/mol. The molecule has 0 fully saturated rings. The van der Waals surface area contributed by atoms with Crippen molar-refractivity contribution in [1.29, 1.82) is 0 Å². The molecule has 5 nitrogen and oxygen atoms in total. The van der Waals surface area contributed by atoms with Gasteiger partial charge in [-0.2, -0.15) is 13.2 Å². The van der Waals surface area contributed by atoms with Crippen molar-refractivity contribution in [3.8, 4) is 5.75 Å². The number of hydrogen-bond acceptors (Lipinski definition) is 3. The fourth-order valence-corrected chi connectivity index (χ4v) is 1.73. The number of aliphatic hydroxyl groups excluding tert-OH is 1. The molecule has 0 aliphatic carbocycles. The highest BCUT2D eigenvalue weighted by molar-refractivity contribution is 5.73. The Balaban J connectivity index is 2.35. The number of nitrogens with one attached hydrogen (secondary N) is 2. The van der Waals surface area contributed by atoms with E-state index in [4.69, 9.17) is 4.74 Å². The van der Waals surface area contributed by atoms with Crippen molar-refractivity contribution in [3.63, 3.8) is 0 Å². The third-order valence-corrected chi connectivity index (χ3v) is 2.79. The van der Waals surface area contributed by atoms with Gasteiger partial charge in [0.25, 0.3) is 0 Å². The summed E-state index contributed by atoms with van der Waals surface area (Å²) in [6.07, 6.45) is -6.34. The first-order valence-corrected chi connectivity index (χ1v) is 7.20. The molecule has 8 heteroatoms. The first-order chi connectivity index (χ1) is 10.7. The largest absolute Gasteiger partial charge is 0.491 e. The summed E-state index contributed by atoms with van der Waals surface area (Å²) in [6, 6.07) is 5.95. The summed E-state index contributed by atoms with van der Waals surface area (Å²) in [5, 5.41) is 14.3. The molecular weight excluding hydrogens is 313 g/mol. The van der Waals surface area contributed by atoms with Gasteiger partial charge in [0, 0.05) is 13.1 Å². The van der Waals surface area contributed by atoms with Gasteiger partial charge in [-0.15, -0.1) is 0 Å². The molecule has 1 aromatic carbocycles. The van der Waals surface area contributed by atoms with Gasteiger partial charge < -0.3 is 20.5 Å². The van der Waals surface area contributed by atoms with Gasteiger partial charge in [-0.3, -0.25) is 0 Å². The predicted molar refractivity (Wildman–Crippen MR) is 79.2 cm³/mol. The number of carbonyl (C=O) groups is 1. The van der Waals surface area contributed by atoms with Gasteiger partial charge >= 0.3 is 12.2 Å². The quantitative estimate of drug-likeness (QED) is 0.718. The first kappa shape index (κ1) is 19.1. The van der Waals surface area contributed by atoms with Crippen LogP contribution in [0.5, 0.6) is 5.75 Å². The van der Waals surface area contributed by atoms with E-state index in [9.17, 15) is 23.1 Å². The number of carbonyl (C=O) groups excluding carboxylic acids is 1. The Hall–Kier alpha value is -1.96. The van der Waals surface area contributed by atoms with Crippen LogP contribution < -0.4 is 15.4 Å². The highest BCUT2D eigenvalue weighted by Gasteiger charge is 2.26. The van der Waals surface area contributed by atoms with Gasteiger partial charge in [-0.1, -0.05) is 12.1 Å². The smallest absolute Gasteiger partial charge is 0.390 e. The van der Waals surface area contributed by atoms with E-state index < -0.39 is 31.3 Å². The molecule has 1 atom stereocenters. The minimum Gasteiger partial charge on any atom is -0.491 e. The van der Waals surface area contributed by atoms with E-state index in [-0.39, 0.29) is 12.6 Å². The number of amides is 2. The van der Waals surface area contributed by atoms with Crippen molar-refractivity contribution in [3.05, 3.63) is 29.8 Å². The first-order valence-electron chi connectivity index (χ1n) is 7.20. The monoisotopic (exact) mass is 334 g/mol. The van der Waals surface area contributed by atoms with Crippen LogP contribution in [0.15, 0.2) is 24.3 Å². The van der Waals surface area contributed by atoms with Crippen molar-refractivity contribution in [1.82, 2.24) is 10.6 Å². The second-order valence-electron chi connectivity index (χ2n) is 5.25. The molecule has 0 bridgehead atoms. The molecule has 0 saturated carbocycles. The fourth-order valence-electron chi connectivity index (χ4n) is 1.73. The Bertz CT molecular complexity index is 490. The van der Waals surface area contributed by atoms with Gasteiger partial charge in [0.15, 0.2) is 0 Å². The van der Waals surface area contributed by atoms with E-state index >= 15 is 0 Å². The van der Waals surface area contributed by atoms with Crippen LogP contribution in [0.1, 0.15) is 31.9 Å². The zero-order valence-electron chi connectivity index (χ0n) is 13.0. The molecule has 0 spiro atoms. The van der Waals surface area contributed by atoms with Crippen LogP contribution >= 0.6 is 0 Å². The minimum atomic E-state index is -4.31. The van der Waals surface area contributed by atoms with Crippen LogP contribution in [0.25, 0.3) is 0 Å². The molecule has 23 heavy (non-hydrogen) atoms. The topological polar surface area (TPSA) is 70.6 Å². The number of hydrogen-bond donors (Lipinski definition) is 3. The summed E-state index contributed by atoms with van der Waals surface area (Å²) in [6.45, 7) is 3.17. The van der Waals surface area contributed by atoms with E-state index in [0.29, 0.717) is 11.3 Å². The van der Waals surface area contributed by atoms with E-state index in [1.165, 1.54) is 0 Å². The minimum absolute atomic E-state index is 0.0350. The molecule has 130 valence electrons. The lowest BCUT2D eigenvalue weighted by molar-refractivity contribution is -0.132. The predicted octanol–water partition coefficient (Wildman–Crippen LogP) is 2.76. The van der Waals surface area contributed by atoms with Crippen LogP contribution in [0.2, 0.25) is 0 Å². The van der Waals surface area contributed by atoms with E-state index in [2.05, 4.69) is 10.6 Å². The highest BCUT2D eigenvalue weighted by Crippen LogP contribution is 2.19. The molecule has 1 unspecified atom stereocenters. The lowest BCUT2D eigenvalue weighted by Crippen LogP contribution is -2.39. The number of alkyl halides is 3. The normalized spacial score (nSPS) is 12.8. The number of halogens is 3. The molecule has 2 amide bonds. The Kier molecular flexibility index (Phi) is 7.15. The third kappa shape index (κ3) is 8.29. The van der Waals surface area contributed by atoms with Gasteiger partial charge in [-0.05, 0) is 31.5 Å². The Morgan fingerprint density at radius 1 is 1.22 bits per heavy atom. The third-order valence-electron chi connectivity index (χ3n) is 2.79. The SMILES string of the molecule is CC(C)Oc1ccc(C(O)CNC(=O)NCCC(F)(F)F)cc1. The second-order valence-corrected chi connectivity index (χ2v) is 5.25. The zero-order chi connectivity index (χ0) is 17.5. The van der Waals surface area contributed by atoms with Crippen LogP contribution in [-0.2, 0) is 0 Å². The molecule has 1 aromatic rings. The maximum atomic E-state index is 11.9. The molecule has 0 aromatic heterocycles. The summed E-state index contributed by atoms with van der Waals surface area (Å²) in [5.41, 5.74) is 0.566. The summed E-state index contributed by atoms with van der Waals surface area (Å²) >= 11 is 0. The Morgan fingerprint density at radius 3 is 2.35 bits per heavy atom. The van der Waals surface area contributed by atoms with Crippen LogP contribution in [-0.4, -0.2) is 36.5 Å². The zero-order valence-corrected chi connectivity index (χ0v) is 13.0. The van der Waals surface area contributed by atoms with Crippen molar-refractivity contribution >= 4 is 6.03 Å². The maximum absolute atomic E-state index is 11.9. The van der Waals surface area contributed by atoms with E-state index in [1.807, 2.05) is 13.8 Å². The van der Waals surface area contributed by atoms with Crippen LogP contribution in [0.3, 0.4) is 0 Å². The van der Waals surface area contributed by atoms with Crippen molar-refractivity contribution in [2.24, 2.45) is 0 Å². The second kappa shape index (κ2) is 8.61. The van der Waals surface area contributed by atoms with Crippen LogP contribution in [0.4, 0.5) is 18.0 Å². The summed E-state index contributed by atoms with van der Waals surface area (Å²) < 4.78 is 41.3. The number of benzene rings is 1. The molecule has 0 heterocycles. The van der Waals surface area contributed by atoms with Crippen molar-refractivity contribution in [2.45, 2.75) is 38.7 Å². The number of urea groups is 1. The average Bonchev–Trinajstić information content (AvgIpc) is 2.43. The number of rotatable bonds is 7. The summed E-state index contributed by atoms with van der Waals surface area (Å²) in [4.78, 5) is 11.3. The Morgan fingerprint density at radius 2 is 1.83 bits per heavy atom. The van der Waals surface area contributed by atoms with Gasteiger partial charge in [0.2, 0.25) is 0 Å². The van der Waals surface area contributed by atoms with Crippen LogP contribution in [0, 0.1) is 0 Å². The van der Waals surface area contributed by atoms with E-state index in [1.54, 1.807) is 24.3 Å². The molecule has 3 N–H and O–H groups in total. The van der Waals surface area contributed by atoms with Crippen molar-refractivity contribution < 1.29 is 27.8 Å². The lowest BCUT2D eigenvalue weighted by atomic mass is 10.1. The van der Waals surface area contributed by atoms with E-state index in [0.717, 1.165) is 0 Å². The molecule has 0 aliphatic heterocycles. The molecule has 0 aliphatic rings. The van der Waals surface area contributed by atoms with Gasteiger partial charge in [-0.25, -0.2) is 4.79 Å². The Labute approximate surface area is 132 Å². The molecular formula is C15H21F3N2O3. The number of aliphatic hydroxyl groups is 1. The molecule has 1 rings (SSSR count). The van der Waals surface area contributed by atoms with Crippen molar-refractivity contribution in [2.75, 3.05) is 13.1 Å². The standard InChI is InChI=1S/C15H21F3N2O3/c1-10(2)23-12-5-3-11(4-6-12)13(21)9-20-14(22)19-8-7-15(16,17)18/h3-6,10,13,21H,7-9H2,1-2H3,(H2,19,20,22). The van der Waals surface area contributed by atoms with Gasteiger partial charge in [0.1, 0.15) is 5.75 Å². The lowest BCUT2D eigenvalue weighted by Gasteiger charge is -2.15. The molecule has 0 radical (unpaired) electrons. The number of ether oxygens (including phenoxy) is 1. The molecule has 0 saturated heterocycles.